The molecular formula is C13H18Cl2N2O3S. The highest BCUT2D eigenvalue weighted by Gasteiger charge is 2.22. The maximum Gasteiger partial charge on any atom is 0.211 e. The smallest absolute Gasteiger partial charge is 0.211 e. The summed E-state index contributed by atoms with van der Waals surface area (Å²) in [5, 5.41) is 1.06. The van der Waals surface area contributed by atoms with Crippen molar-refractivity contribution in [3.63, 3.8) is 0 Å². The highest BCUT2D eigenvalue weighted by molar-refractivity contribution is 7.88. The third kappa shape index (κ3) is 5.00. The van der Waals surface area contributed by atoms with Crippen molar-refractivity contribution < 1.29 is 13.2 Å². The van der Waals surface area contributed by atoms with Gasteiger partial charge in [-0.1, -0.05) is 23.2 Å². The van der Waals surface area contributed by atoms with Crippen molar-refractivity contribution in [3.8, 4) is 5.75 Å². The number of piperazine rings is 1. The van der Waals surface area contributed by atoms with Crippen molar-refractivity contribution in [2.75, 3.05) is 45.6 Å². The Labute approximate surface area is 135 Å². The minimum Gasteiger partial charge on any atom is -0.491 e. The summed E-state index contributed by atoms with van der Waals surface area (Å²) in [4.78, 5) is 2.17. The Kier molecular flexibility index (Phi) is 5.73. The summed E-state index contributed by atoms with van der Waals surface area (Å²) in [7, 11) is -3.08. The zero-order valence-electron chi connectivity index (χ0n) is 11.8. The van der Waals surface area contributed by atoms with Gasteiger partial charge in [0.15, 0.2) is 0 Å². The molecule has 0 atom stereocenters. The number of sulfonamides is 1. The molecule has 1 heterocycles. The van der Waals surface area contributed by atoms with Gasteiger partial charge in [-0.25, -0.2) is 8.42 Å². The monoisotopic (exact) mass is 352 g/mol. The van der Waals surface area contributed by atoms with Gasteiger partial charge < -0.3 is 4.74 Å². The first-order chi connectivity index (χ1) is 9.86. The molecule has 0 bridgehead atoms. The molecule has 5 nitrogen and oxygen atoms in total. The van der Waals surface area contributed by atoms with E-state index in [4.69, 9.17) is 27.9 Å². The molecule has 1 aromatic carbocycles. The number of rotatable bonds is 5. The molecule has 1 fully saturated rings. The van der Waals surface area contributed by atoms with Gasteiger partial charge in [-0.3, -0.25) is 4.90 Å². The maximum absolute atomic E-state index is 11.4. The summed E-state index contributed by atoms with van der Waals surface area (Å²) in [6.07, 6.45) is 1.24. The molecular weight excluding hydrogens is 335 g/mol. The van der Waals surface area contributed by atoms with E-state index in [1.165, 1.54) is 10.6 Å². The SMILES string of the molecule is CS(=O)(=O)N1CCN(CCOc2ccc(Cl)cc2Cl)CC1. The van der Waals surface area contributed by atoms with E-state index >= 15 is 0 Å². The van der Waals surface area contributed by atoms with Crippen molar-refractivity contribution in [1.29, 1.82) is 0 Å². The maximum atomic E-state index is 11.4. The molecule has 1 aliphatic heterocycles. The standard InChI is InChI=1S/C13H18Cl2N2O3S/c1-21(18,19)17-6-4-16(5-7-17)8-9-20-13-3-2-11(14)10-12(13)15/h2-3,10H,4-9H2,1H3. The van der Waals surface area contributed by atoms with Gasteiger partial charge in [-0.2, -0.15) is 4.31 Å². The van der Waals surface area contributed by atoms with Crippen LogP contribution in [0.4, 0.5) is 0 Å². The van der Waals surface area contributed by atoms with Crippen molar-refractivity contribution >= 4 is 33.2 Å². The molecule has 118 valence electrons. The summed E-state index contributed by atoms with van der Waals surface area (Å²) in [5.74, 6) is 0.607. The van der Waals surface area contributed by atoms with Crippen molar-refractivity contribution in [2.45, 2.75) is 0 Å². The first-order valence-corrected chi connectivity index (χ1v) is 9.22. The van der Waals surface area contributed by atoms with Crippen LogP contribution >= 0.6 is 23.2 Å². The van der Waals surface area contributed by atoms with Gasteiger partial charge in [-0.15, -0.1) is 0 Å². The molecule has 0 aromatic heterocycles. The largest absolute Gasteiger partial charge is 0.491 e. The van der Waals surface area contributed by atoms with E-state index in [9.17, 15) is 8.42 Å². The number of ether oxygens (including phenoxy) is 1. The van der Waals surface area contributed by atoms with Gasteiger partial charge in [0.25, 0.3) is 0 Å². The average molecular weight is 353 g/mol. The lowest BCUT2D eigenvalue weighted by Crippen LogP contribution is -2.49. The molecule has 1 aliphatic rings. The van der Waals surface area contributed by atoms with E-state index in [0.717, 1.165) is 6.54 Å². The quantitative estimate of drug-likeness (QED) is 0.812. The van der Waals surface area contributed by atoms with E-state index in [-0.39, 0.29) is 0 Å². The van der Waals surface area contributed by atoms with Gasteiger partial charge in [0, 0.05) is 37.7 Å². The number of benzene rings is 1. The average Bonchev–Trinajstić information content (AvgIpc) is 2.41. The minimum atomic E-state index is -3.08. The summed E-state index contributed by atoms with van der Waals surface area (Å²) in [6.45, 7) is 3.72. The van der Waals surface area contributed by atoms with E-state index < -0.39 is 10.0 Å². The molecule has 0 N–H and O–H groups in total. The van der Waals surface area contributed by atoms with Crippen molar-refractivity contribution in [1.82, 2.24) is 9.21 Å². The van der Waals surface area contributed by atoms with Gasteiger partial charge in [0.1, 0.15) is 12.4 Å². The van der Waals surface area contributed by atoms with Gasteiger partial charge in [0.2, 0.25) is 10.0 Å². The third-order valence-electron chi connectivity index (χ3n) is 3.36. The Hall–Kier alpha value is -0.530. The minimum absolute atomic E-state index is 0.490. The van der Waals surface area contributed by atoms with Crippen molar-refractivity contribution in [2.24, 2.45) is 0 Å². The molecule has 0 spiro atoms. The van der Waals surface area contributed by atoms with Crippen LogP contribution in [0.15, 0.2) is 18.2 Å². The second kappa shape index (κ2) is 7.15. The first kappa shape index (κ1) is 16.8. The molecule has 0 saturated carbocycles. The van der Waals surface area contributed by atoms with Crippen LogP contribution in [0.2, 0.25) is 10.0 Å². The zero-order valence-corrected chi connectivity index (χ0v) is 14.1. The number of halogens is 2. The van der Waals surface area contributed by atoms with E-state index in [1.54, 1.807) is 18.2 Å². The van der Waals surface area contributed by atoms with E-state index in [0.29, 0.717) is 48.6 Å². The fraction of sp³-hybridized carbons (Fsp3) is 0.538. The highest BCUT2D eigenvalue weighted by Crippen LogP contribution is 2.27. The zero-order chi connectivity index (χ0) is 15.5. The molecule has 8 heteroatoms. The van der Waals surface area contributed by atoms with E-state index in [1.807, 2.05) is 0 Å². The second-order valence-corrected chi connectivity index (χ2v) is 7.75. The van der Waals surface area contributed by atoms with Crippen LogP contribution in [-0.4, -0.2) is 63.2 Å². The Morgan fingerprint density at radius 1 is 1.19 bits per heavy atom. The number of hydrogen-bond donors (Lipinski definition) is 0. The van der Waals surface area contributed by atoms with Crippen LogP contribution in [0, 0.1) is 0 Å². The predicted molar refractivity (Wildman–Crippen MR) is 84.8 cm³/mol. The van der Waals surface area contributed by atoms with Crippen LogP contribution in [0.5, 0.6) is 5.75 Å². The number of hydrogen-bond acceptors (Lipinski definition) is 4. The molecule has 1 aromatic rings. The third-order valence-corrected chi connectivity index (χ3v) is 5.19. The predicted octanol–water partition coefficient (Wildman–Crippen LogP) is 1.95. The highest BCUT2D eigenvalue weighted by atomic mass is 35.5. The Bertz CT molecular complexity index is 587. The summed E-state index contributed by atoms with van der Waals surface area (Å²) < 4.78 is 30.0. The van der Waals surface area contributed by atoms with Crippen LogP contribution in [-0.2, 0) is 10.0 Å². The fourth-order valence-corrected chi connectivity index (χ4v) is 3.45. The molecule has 0 amide bonds. The molecule has 21 heavy (non-hydrogen) atoms. The lowest BCUT2D eigenvalue weighted by molar-refractivity contribution is 0.159. The molecule has 2 rings (SSSR count). The fourth-order valence-electron chi connectivity index (χ4n) is 2.16. The topological polar surface area (TPSA) is 49.9 Å². The molecule has 1 saturated heterocycles. The second-order valence-electron chi connectivity index (χ2n) is 4.93. The molecule has 0 radical (unpaired) electrons. The Balaban J connectivity index is 1.75. The molecule has 0 aliphatic carbocycles. The van der Waals surface area contributed by atoms with E-state index in [2.05, 4.69) is 4.90 Å². The first-order valence-electron chi connectivity index (χ1n) is 6.61. The summed E-state index contributed by atoms with van der Waals surface area (Å²) in [6, 6.07) is 5.11. The van der Waals surface area contributed by atoms with Crippen molar-refractivity contribution in [3.05, 3.63) is 28.2 Å². The van der Waals surface area contributed by atoms with Crippen LogP contribution in [0.3, 0.4) is 0 Å². The van der Waals surface area contributed by atoms with Crippen LogP contribution in [0.1, 0.15) is 0 Å². The van der Waals surface area contributed by atoms with Crippen LogP contribution < -0.4 is 4.74 Å². The molecule has 0 unspecified atom stereocenters. The van der Waals surface area contributed by atoms with Crippen LogP contribution in [0.25, 0.3) is 0 Å². The lowest BCUT2D eigenvalue weighted by Gasteiger charge is -2.33. The Morgan fingerprint density at radius 2 is 1.86 bits per heavy atom. The summed E-state index contributed by atoms with van der Waals surface area (Å²) >= 11 is 11.8. The van der Waals surface area contributed by atoms with Gasteiger partial charge in [0.05, 0.1) is 11.3 Å². The normalized spacial score (nSPS) is 17.9. The number of nitrogens with zero attached hydrogens (tertiary/aromatic N) is 2. The van der Waals surface area contributed by atoms with Gasteiger partial charge in [-0.05, 0) is 18.2 Å². The summed E-state index contributed by atoms with van der Waals surface area (Å²) in [5.41, 5.74) is 0. The lowest BCUT2D eigenvalue weighted by atomic mass is 10.3. The van der Waals surface area contributed by atoms with Gasteiger partial charge >= 0.3 is 0 Å². The Morgan fingerprint density at radius 3 is 2.43 bits per heavy atom.